The monoisotopic (exact) mass is 230 g/mol. The molecule has 0 fully saturated rings. The first-order valence-electron chi connectivity index (χ1n) is 3.60. The summed E-state index contributed by atoms with van der Waals surface area (Å²) in [6.45, 7) is 0.364. The number of aromatic carboxylic acids is 1. The van der Waals surface area contributed by atoms with Gasteiger partial charge in [-0.25, -0.2) is 9.78 Å². The van der Waals surface area contributed by atoms with Crippen LogP contribution in [0.15, 0.2) is 0 Å². The second-order valence-corrected chi connectivity index (χ2v) is 3.82. The molecule has 0 unspecified atom stereocenters. The van der Waals surface area contributed by atoms with Crippen molar-refractivity contribution in [2.45, 2.75) is 0 Å². The van der Waals surface area contributed by atoms with Crippen LogP contribution in [0.5, 0.6) is 0 Å². The van der Waals surface area contributed by atoms with Gasteiger partial charge in [-0.05, 0) is 0 Å². The minimum atomic E-state index is -1.08. The van der Waals surface area contributed by atoms with Crippen molar-refractivity contribution in [3.05, 3.63) is 10.0 Å². The summed E-state index contributed by atoms with van der Waals surface area (Å²) in [5.74, 6) is 1.35. The van der Waals surface area contributed by atoms with Crippen molar-refractivity contribution in [1.82, 2.24) is 4.98 Å². The lowest BCUT2D eigenvalue weighted by Gasteiger charge is -2.10. The van der Waals surface area contributed by atoms with E-state index in [0.717, 1.165) is 11.3 Å². The van der Waals surface area contributed by atoms with Gasteiger partial charge in [0, 0.05) is 7.05 Å². The van der Waals surface area contributed by atoms with Gasteiger partial charge in [0.05, 0.1) is 6.54 Å². The summed E-state index contributed by atoms with van der Waals surface area (Å²) in [5, 5.41) is 9.22. The van der Waals surface area contributed by atoms with Crippen LogP contribution < -0.4 is 4.90 Å². The molecule has 0 aliphatic carbocycles. The number of aromatic nitrogens is 1. The molecule has 0 spiro atoms. The third kappa shape index (κ3) is 2.16. The van der Waals surface area contributed by atoms with Crippen molar-refractivity contribution in [2.24, 2.45) is 0 Å². The van der Waals surface area contributed by atoms with Gasteiger partial charge in [-0.1, -0.05) is 28.9 Å². The quantitative estimate of drug-likeness (QED) is 0.801. The number of anilines is 1. The van der Waals surface area contributed by atoms with Crippen molar-refractivity contribution >= 4 is 34.0 Å². The van der Waals surface area contributed by atoms with E-state index in [4.69, 9.17) is 23.1 Å². The van der Waals surface area contributed by atoms with Crippen LogP contribution in [0.25, 0.3) is 0 Å². The molecule has 0 aliphatic rings. The molecule has 1 heterocycles. The van der Waals surface area contributed by atoms with Crippen LogP contribution in [0.4, 0.5) is 5.13 Å². The highest BCUT2D eigenvalue weighted by atomic mass is 35.5. The Labute approximate surface area is 90.1 Å². The number of carboxylic acids is 1. The largest absolute Gasteiger partial charge is 0.477 e. The molecule has 1 rings (SSSR count). The van der Waals surface area contributed by atoms with Gasteiger partial charge in [0.25, 0.3) is 0 Å². The number of terminal acetylenes is 1. The molecular weight excluding hydrogens is 224 g/mol. The first-order chi connectivity index (χ1) is 6.56. The zero-order chi connectivity index (χ0) is 10.7. The summed E-state index contributed by atoms with van der Waals surface area (Å²) in [7, 11) is 1.72. The van der Waals surface area contributed by atoms with E-state index in [9.17, 15) is 4.79 Å². The minimum absolute atomic E-state index is 0.00127. The van der Waals surface area contributed by atoms with Gasteiger partial charge in [-0.2, -0.15) is 0 Å². The number of hydrogen-bond donors (Lipinski definition) is 1. The van der Waals surface area contributed by atoms with Crippen molar-refractivity contribution in [2.75, 3.05) is 18.5 Å². The number of halogens is 1. The fourth-order valence-electron chi connectivity index (χ4n) is 0.791. The highest BCUT2D eigenvalue weighted by molar-refractivity contribution is 7.18. The number of hydrogen-bond acceptors (Lipinski definition) is 4. The Morgan fingerprint density at radius 3 is 2.93 bits per heavy atom. The van der Waals surface area contributed by atoms with Gasteiger partial charge in [0.2, 0.25) is 0 Å². The molecule has 1 aromatic rings. The van der Waals surface area contributed by atoms with Gasteiger partial charge in [0.15, 0.2) is 15.2 Å². The van der Waals surface area contributed by atoms with E-state index < -0.39 is 5.97 Å². The third-order valence-corrected chi connectivity index (χ3v) is 2.97. The van der Waals surface area contributed by atoms with Crippen LogP contribution in [-0.2, 0) is 0 Å². The van der Waals surface area contributed by atoms with E-state index >= 15 is 0 Å². The lowest BCUT2D eigenvalue weighted by atomic mass is 10.6. The minimum Gasteiger partial charge on any atom is -0.477 e. The van der Waals surface area contributed by atoms with E-state index in [2.05, 4.69) is 10.9 Å². The smallest absolute Gasteiger partial charge is 0.349 e. The Morgan fingerprint density at radius 1 is 1.86 bits per heavy atom. The summed E-state index contributed by atoms with van der Waals surface area (Å²) in [6, 6.07) is 0. The zero-order valence-corrected chi connectivity index (χ0v) is 8.89. The van der Waals surface area contributed by atoms with Gasteiger partial charge < -0.3 is 10.0 Å². The third-order valence-electron chi connectivity index (χ3n) is 1.42. The molecule has 0 saturated carbocycles. The molecule has 1 N–H and O–H groups in total. The van der Waals surface area contributed by atoms with Crippen molar-refractivity contribution in [1.29, 1.82) is 0 Å². The van der Waals surface area contributed by atoms with Crippen LogP contribution in [0, 0.1) is 12.3 Å². The molecule has 0 bridgehead atoms. The molecule has 6 heteroatoms. The maximum atomic E-state index is 10.6. The molecule has 0 radical (unpaired) electrons. The molecular formula is C8H7ClN2O2S. The molecule has 74 valence electrons. The Hall–Kier alpha value is -1.25. The van der Waals surface area contributed by atoms with E-state index in [0.29, 0.717) is 11.7 Å². The Balaban J connectivity index is 2.97. The first-order valence-corrected chi connectivity index (χ1v) is 4.80. The van der Waals surface area contributed by atoms with Gasteiger partial charge >= 0.3 is 5.97 Å². The summed E-state index contributed by atoms with van der Waals surface area (Å²) < 4.78 is 0. The topological polar surface area (TPSA) is 53.4 Å². The first kappa shape index (κ1) is 10.8. The van der Waals surface area contributed by atoms with Crippen LogP contribution in [0.1, 0.15) is 9.67 Å². The van der Waals surface area contributed by atoms with Crippen LogP contribution >= 0.6 is 22.9 Å². The van der Waals surface area contributed by atoms with Crippen molar-refractivity contribution in [3.8, 4) is 12.3 Å². The van der Waals surface area contributed by atoms with Gasteiger partial charge in [0.1, 0.15) is 0 Å². The molecule has 14 heavy (non-hydrogen) atoms. The fourth-order valence-corrected chi connectivity index (χ4v) is 1.87. The van der Waals surface area contributed by atoms with Gasteiger partial charge in [-0.3, -0.25) is 0 Å². The number of carboxylic acid groups (broad SMARTS) is 1. The second-order valence-electron chi connectivity index (χ2n) is 2.48. The van der Waals surface area contributed by atoms with Crippen LogP contribution in [0.2, 0.25) is 5.15 Å². The average molecular weight is 231 g/mol. The summed E-state index contributed by atoms with van der Waals surface area (Å²) >= 11 is 6.63. The normalized spacial score (nSPS) is 9.50. The maximum absolute atomic E-state index is 10.6. The molecule has 4 nitrogen and oxygen atoms in total. The average Bonchev–Trinajstić information content (AvgIpc) is 2.48. The summed E-state index contributed by atoms with van der Waals surface area (Å²) in [6.07, 6.45) is 5.11. The van der Waals surface area contributed by atoms with E-state index in [1.807, 2.05) is 0 Å². The number of nitrogens with zero attached hydrogens (tertiary/aromatic N) is 2. The molecule has 0 saturated heterocycles. The lowest BCUT2D eigenvalue weighted by molar-refractivity contribution is 0.0702. The summed E-state index contributed by atoms with van der Waals surface area (Å²) in [5.41, 5.74) is 0. The predicted octanol–water partition coefficient (Wildman–Crippen LogP) is 1.56. The SMILES string of the molecule is C#CCN(C)c1nc(Cl)c(C(=O)O)s1. The molecule has 0 aromatic carbocycles. The fraction of sp³-hybridized carbons (Fsp3) is 0.250. The zero-order valence-electron chi connectivity index (χ0n) is 7.32. The maximum Gasteiger partial charge on any atom is 0.349 e. The van der Waals surface area contributed by atoms with Crippen molar-refractivity contribution < 1.29 is 9.90 Å². The molecule has 0 atom stereocenters. The number of rotatable bonds is 3. The Morgan fingerprint density at radius 2 is 2.50 bits per heavy atom. The molecule has 0 amide bonds. The molecule has 0 aliphatic heterocycles. The highest BCUT2D eigenvalue weighted by Gasteiger charge is 2.17. The van der Waals surface area contributed by atoms with Crippen LogP contribution in [-0.4, -0.2) is 29.7 Å². The molecule has 1 aromatic heterocycles. The van der Waals surface area contributed by atoms with E-state index in [-0.39, 0.29) is 10.0 Å². The Kier molecular flexibility index (Phi) is 3.33. The summed E-state index contributed by atoms with van der Waals surface area (Å²) in [4.78, 5) is 16.2. The lowest BCUT2D eigenvalue weighted by Crippen LogP contribution is -2.16. The van der Waals surface area contributed by atoms with E-state index in [1.54, 1.807) is 11.9 Å². The Bertz CT molecular complexity index is 397. The van der Waals surface area contributed by atoms with Crippen LogP contribution in [0.3, 0.4) is 0 Å². The predicted molar refractivity (Wildman–Crippen MR) is 56.2 cm³/mol. The second kappa shape index (κ2) is 4.31. The number of thiazole rings is 1. The highest BCUT2D eigenvalue weighted by Crippen LogP contribution is 2.28. The standard InChI is InChI=1S/C8H7ClN2O2S/c1-3-4-11(2)8-10-6(9)5(14-8)7(12)13/h1H,4H2,2H3,(H,12,13). The van der Waals surface area contributed by atoms with Gasteiger partial charge in [-0.15, -0.1) is 6.42 Å². The van der Waals surface area contributed by atoms with E-state index in [1.165, 1.54) is 0 Å². The number of carbonyl (C=O) groups is 1. The van der Waals surface area contributed by atoms with Crippen molar-refractivity contribution in [3.63, 3.8) is 0 Å².